The van der Waals surface area contributed by atoms with Crippen LogP contribution in [0.4, 0.5) is 0 Å². The van der Waals surface area contributed by atoms with Crippen molar-refractivity contribution in [1.29, 1.82) is 0 Å². The Morgan fingerprint density at radius 1 is 0.947 bits per heavy atom. The largest absolute Gasteiger partial charge is 0.457 e. The summed E-state index contributed by atoms with van der Waals surface area (Å²) in [7, 11) is 0. The lowest BCUT2D eigenvalue weighted by molar-refractivity contribution is 0.475. The van der Waals surface area contributed by atoms with Crippen LogP contribution < -0.4 is 10.1 Å². The average molecular weight is 274 g/mol. The maximum atomic E-state index is 6.00. The molecule has 0 atom stereocenters. The summed E-state index contributed by atoms with van der Waals surface area (Å²) >= 11 is 5.89. The minimum absolute atomic E-state index is 0.725. The third-order valence-electron chi connectivity index (χ3n) is 3.39. The molecule has 0 amide bonds. The molecule has 98 valence electrons. The van der Waals surface area contributed by atoms with Crippen molar-refractivity contribution < 1.29 is 4.74 Å². The lowest BCUT2D eigenvalue weighted by Crippen LogP contribution is -2.16. The highest BCUT2D eigenvalue weighted by atomic mass is 35.5. The summed E-state index contributed by atoms with van der Waals surface area (Å²) in [6.07, 6.45) is 2.08. The molecule has 0 fully saturated rings. The topological polar surface area (TPSA) is 21.3 Å². The number of nitrogens with one attached hydrogen (secondary N) is 1. The first-order valence-electron chi connectivity index (χ1n) is 6.58. The lowest BCUT2D eigenvalue weighted by Gasteiger charge is -2.13. The van der Waals surface area contributed by atoms with E-state index in [1.54, 1.807) is 0 Å². The van der Waals surface area contributed by atoms with Crippen LogP contribution in [0.3, 0.4) is 0 Å². The van der Waals surface area contributed by atoms with Gasteiger partial charge in [-0.25, -0.2) is 0 Å². The Hall–Kier alpha value is -1.51. The van der Waals surface area contributed by atoms with Gasteiger partial charge in [0.05, 0.1) is 0 Å². The molecule has 2 aromatic carbocycles. The molecular formula is C16H16ClNO. The van der Waals surface area contributed by atoms with E-state index in [4.69, 9.17) is 16.3 Å². The number of fused-ring (bicyclic) bond motifs is 1. The SMILES string of the molecule is Clc1ccc(Oc2cccc3c2CCNCC3)cc1. The fourth-order valence-electron chi connectivity index (χ4n) is 2.42. The maximum absolute atomic E-state index is 6.00. The van der Waals surface area contributed by atoms with Crippen LogP contribution in [0, 0.1) is 0 Å². The van der Waals surface area contributed by atoms with E-state index in [0.29, 0.717) is 0 Å². The molecule has 0 spiro atoms. The van der Waals surface area contributed by atoms with E-state index in [1.807, 2.05) is 30.3 Å². The predicted octanol–water partition coefficient (Wildman–Crippen LogP) is 3.82. The Labute approximate surface area is 118 Å². The number of hydrogen-bond acceptors (Lipinski definition) is 2. The Morgan fingerprint density at radius 2 is 1.74 bits per heavy atom. The van der Waals surface area contributed by atoms with Gasteiger partial charge in [-0.1, -0.05) is 23.7 Å². The van der Waals surface area contributed by atoms with Crippen LogP contribution in [0.5, 0.6) is 11.5 Å². The minimum Gasteiger partial charge on any atom is -0.457 e. The van der Waals surface area contributed by atoms with Crippen molar-refractivity contribution in [3.8, 4) is 11.5 Å². The number of rotatable bonds is 2. The number of ether oxygens (including phenoxy) is 1. The third-order valence-corrected chi connectivity index (χ3v) is 3.65. The Kier molecular flexibility index (Phi) is 3.72. The van der Waals surface area contributed by atoms with Crippen molar-refractivity contribution in [2.24, 2.45) is 0 Å². The molecule has 0 unspecified atom stereocenters. The zero-order chi connectivity index (χ0) is 13.1. The van der Waals surface area contributed by atoms with Gasteiger partial charge in [0.2, 0.25) is 0 Å². The highest BCUT2D eigenvalue weighted by molar-refractivity contribution is 6.30. The second-order valence-electron chi connectivity index (χ2n) is 4.70. The molecule has 0 saturated carbocycles. The van der Waals surface area contributed by atoms with Crippen molar-refractivity contribution in [3.63, 3.8) is 0 Å². The highest BCUT2D eigenvalue weighted by Gasteiger charge is 2.12. The van der Waals surface area contributed by atoms with Gasteiger partial charge in [0.15, 0.2) is 0 Å². The quantitative estimate of drug-likeness (QED) is 0.898. The van der Waals surface area contributed by atoms with Crippen LogP contribution in [0.25, 0.3) is 0 Å². The summed E-state index contributed by atoms with van der Waals surface area (Å²) in [4.78, 5) is 0. The van der Waals surface area contributed by atoms with Gasteiger partial charge in [0, 0.05) is 5.02 Å². The Bertz CT molecular complexity index is 565. The monoisotopic (exact) mass is 273 g/mol. The summed E-state index contributed by atoms with van der Waals surface area (Å²) in [5.41, 5.74) is 2.71. The molecular weight excluding hydrogens is 258 g/mol. The van der Waals surface area contributed by atoms with E-state index in [0.717, 1.165) is 42.5 Å². The molecule has 1 N–H and O–H groups in total. The second kappa shape index (κ2) is 5.64. The van der Waals surface area contributed by atoms with Crippen LogP contribution >= 0.6 is 11.6 Å². The molecule has 0 saturated heterocycles. The molecule has 19 heavy (non-hydrogen) atoms. The Morgan fingerprint density at radius 3 is 2.58 bits per heavy atom. The first-order chi connectivity index (χ1) is 9.33. The van der Waals surface area contributed by atoms with Crippen LogP contribution in [-0.2, 0) is 12.8 Å². The van der Waals surface area contributed by atoms with E-state index < -0.39 is 0 Å². The molecule has 1 heterocycles. The van der Waals surface area contributed by atoms with Crippen LogP contribution in [-0.4, -0.2) is 13.1 Å². The predicted molar refractivity (Wildman–Crippen MR) is 78.2 cm³/mol. The van der Waals surface area contributed by atoms with Gasteiger partial charge in [0.25, 0.3) is 0 Å². The van der Waals surface area contributed by atoms with E-state index >= 15 is 0 Å². The van der Waals surface area contributed by atoms with Crippen molar-refractivity contribution in [2.75, 3.05) is 13.1 Å². The van der Waals surface area contributed by atoms with E-state index in [2.05, 4.69) is 17.4 Å². The molecule has 3 rings (SSSR count). The Balaban J connectivity index is 1.90. The van der Waals surface area contributed by atoms with E-state index in [-0.39, 0.29) is 0 Å². The number of hydrogen-bond donors (Lipinski definition) is 1. The van der Waals surface area contributed by atoms with Crippen molar-refractivity contribution in [2.45, 2.75) is 12.8 Å². The molecule has 0 radical (unpaired) electrons. The van der Waals surface area contributed by atoms with Gasteiger partial charge < -0.3 is 10.1 Å². The summed E-state index contributed by atoms with van der Waals surface area (Å²) in [5.74, 6) is 1.79. The standard InChI is InChI=1S/C16H16ClNO/c17-13-4-6-14(7-5-13)19-16-3-1-2-12-8-10-18-11-9-15(12)16/h1-7,18H,8-11H2. The lowest BCUT2D eigenvalue weighted by atomic mass is 10.0. The van der Waals surface area contributed by atoms with Gasteiger partial charge in [0.1, 0.15) is 11.5 Å². The molecule has 2 aromatic rings. The van der Waals surface area contributed by atoms with Gasteiger partial charge >= 0.3 is 0 Å². The van der Waals surface area contributed by atoms with E-state index in [9.17, 15) is 0 Å². The van der Waals surface area contributed by atoms with Crippen molar-refractivity contribution in [1.82, 2.24) is 5.32 Å². The molecule has 3 heteroatoms. The van der Waals surface area contributed by atoms with Crippen LogP contribution in [0.1, 0.15) is 11.1 Å². The van der Waals surface area contributed by atoms with Gasteiger partial charge in [-0.15, -0.1) is 0 Å². The first-order valence-corrected chi connectivity index (χ1v) is 6.95. The summed E-state index contributed by atoms with van der Waals surface area (Å²) in [5, 5.41) is 4.15. The maximum Gasteiger partial charge on any atom is 0.130 e. The van der Waals surface area contributed by atoms with Crippen LogP contribution in [0.15, 0.2) is 42.5 Å². The second-order valence-corrected chi connectivity index (χ2v) is 5.14. The van der Waals surface area contributed by atoms with Crippen molar-refractivity contribution in [3.05, 3.63) is 58.6 Å². The fourth-order valence-corrected chi connectivity index (χ4v) is 2.54. The molecule has 2 nitrogen and oxygen atoms in total. The molecule has 0 aliphatic carbocycles. The van der Waals surface area contributed by atoms with Crippen molar-refractivity contribution >= 4 is 11.6 Å². The van der Waals surface area contributed by atoms with Crippen LogP contribution in [0.2, 0.25) is 5.02 Å². The molecule has 1 aliphatic heterocycles. The molecule has 0 aromatic heterocycles. The molecule has 0 bridgehead atoms. The minimum atomic E-state index is 0.725. The molecule has 1 aliphatic rings. The highest BCUT2D eigenvalue weighted by Crippen LogP contribution is 2.29. The summed E-state index contributed by atoms with van der Waals surface area (Å²) < 4.78 is 6.00. The average Bonchev–Trinajstić information content (AvgIpc) is 2.67. The van der Waals surface area contributed by atoms with Gasteiger partial charge in [-0.05, 0) is 67.4 Å². The van der Waals surface area contributed by atoms with Gasteiger partial charge in [-0.3, -0.25) is 0 Å². The number of halogens is 1. The summed E-state index contributed by atoms with van der Waals surface area (Å²) in [6, 6.07) is 13.8. The zero-order valence-electron chi connectivity index (χ0n) is 10.7. The third kappa shape index (κ3) is 2.91. The first kappa shape index (κ1) is 12.5. The summed E-state index contributed by atoms with van der Waals surface area (Å²) in [6.45, 7) is 2.05. The van der Waals surface area contributed by atoms with E-state index in [1.165, 1.54) is 11.1 Å². The smallest absolute Gasteiger partial charge is 0.130 e. The normalized spacial score (nSPS) is 14.6. The fraction of sp³-hybridized carbons (Fsp3) is 0.250. The zero-order valence-corrected chi connectivity index (χ0v) is 11.4. The van der Waals surface area contributed by atoms with Gasteiger partial charge in [-0.2, -0.15) is 0 Å². The number of benzene rings is 2.